The van der Waals surface area contributed by atoms with Gasteiger partial charge in [-0.15, -0.1) is 0 Å². The number of fused-ring (bicyclic) bond motifs is 1. The maximum Gasteiger partial charge on any atom is 0.449 e. The van der Waals surface area contributed by atoms with E-state index in [0.29, 0.717) is 32.0 Å². The highest BCUT2D eigenvalue weighted by Gasteiger charge is 2.36. The summed E-state index contributed by atoms with van der Waals surface area (Å²) in [5.74, 6) is -2.00. The van der Waals surface area contributed by atoms with Gasteiger partial charge >= 0.3 is 12.4 Å². The zero-order valence-electron chi connectivity index (χ0n) is 17.9. The predicted molar refractivity (Wildman–Crippen MR) is 111 cm³/mol. The SMILES string of the molecule is Cc1c(CNC(=O)c2cc(N3CCOCC3)cc3[nH]c(C(F)(F)F)nc23)cccc1C(F)(F)F. The lowest BCUT2D eigenvalue weighted by atomic mass is 10.0. The fraction of sp³-hybridized carbons (Fsp3) is 0.364. The average molecular weight is 486 g/mol. The van der Waals surface area contributed by atoms with Crippen molar-refractivity contribution in [3.8, 4) is 0 Å². The highest BCUT2D eigenvalue weighted by atomic mass is 19.4. The minimum atomic E-state index is -4.75. The zero-order chi connectivity index (χ0) is 24.7. The first-order chi connectivity index (χ1) is 15.9. The molecule has 182 valence electrons. The van der Waals surface area contributed by atoms with Gasteiger partial charge in [0.25, 0.3) is 5.91 Å². The molecule has 0 aliphatic carbocycles. The number of hydrogen-bond donors (Lipinski definition) is 2. The standard InChI is InChI=1S/C22H20F6N4O2/c1-12-13(3-2-4-16(12)21(23,24)25)11-29-19(33)15-9-14(32-5-7-34-8-6-32)10-17-18(15)31-20(30-17)22(26,27)28/h2-4,9-10H,5-8,11H2,1H3,(H,29,33)(H,30,31). The molecule has 1 aliphatic heterocycles. The number of halogens is 6. The molecule has 0 unspecified atom stereocenters. The number of hydrogen-bond acceptors (Lipinski definition) is 4. The Balaban J connectivity index is 1.68. The summed E-state index contributed by atoms with van der Waals surface area (Å²) in [6.45, 7) is 2.86. The molecule has 34 heavy (non-hydrogen) atoms. The Labute approximate surface area is 189 Å². The fourth-order valence-corrected chi connectivity index (χ4v) is 3.87. The Hall–Kier alpha value is -3.28. The normalized spacial score (nSPS) is 15.1. The Morgan fingerprint density at radius 2 is 1.82 bits per heavy atom. The van der Waals surface area contributed by atoms with Crippen molar-refractivity contribution in [2.75, 3.05) is 31.2 Å². The molecule has 0 atom stereocenters. The zero-order valence-corrected chi connectivity index (χ0v) is 17.9. The minimum Gasteiger partial charge on any atom is -0.378 e. The molecule has 1 aromatic heterocycles. The molecule has 0 bridgehead atoms. The Kier molecular flexibility index (Phi) is 6.19. The highest BCUT2D eigenvalue weighted by Crippen LogP contribution is 2.34. The average Bonchev–Trinajstić information content (AvgIpc) is 3.22. The van der Waals surface area contributed by atoms with Crippen LogP contribution >= 0.6 is 0 Å². The number of carbonyl (C=O) groups excluding carboxylic acids is 1. The van der Waals surface area contributed by atoms with E-state index >= 15 is 0 Å². The summed E-state index contributed by atoms with van der Waals surface area (Å²) in [5.41, 5.74) is -0.385. The molecule has 1 aliphatic rings. The van der Waals surface area contributed by atoms with Gasteiger partial charge in [-0.05, 0) is 36.2 Å². The number of aromatic amines is 1. The van der Waals surface area contributed by atoms with Crippen LogP contribution < -0.4 is 10.2 Å². The molecule has 2 aromatic carbocycles. The van der Waals surface area contributed by atoms with Crippen molar-refractivity contribution in [2.45, 2.75) is 25.8 Å². The van der Waals surface area contributed by atoms with Crippen LogP contribution in [0, 0.1) is 6.92 Å². The maximum atomic E-state index is 13.2. The molecule has 2 heterocycles. The van der Waals surface area contributed by atoms with Gasteiger partial charge in [-0.1, -0.05) is 12.1 Å². The van der Waals surface area contributed by atoms with Crippen LogP contribution in [0.25, 0.3) is 11.0 Å². The summed E-state index contributed by atoms with van der Waals surface area (Å²) < 4.78 is 84.6. The molecule has 12 heteroatoms. The summed E-state index contributed by atoms with van der Waals surface area (Å²) in [5, 5.41) is 2.52. The lowest BCUT2D eigenvalue weighted by molar-refractivity contribution is -0.144. The largest absolute Gasteiger partial charge is 0.449 e. The third-order valence-electron chi connectivity index (χ3n) is 5.65. The molecule has 0 saturated carbocycles. The number of ether oxygens (including phenoxy) is 1. The molecule has 3 aromatic rings. The van der Waals surface area contributed by atoms with Crippen LogP contribution in [0.5, 0.6) is 0 Å². The van der Waals surface area contributed by atoms with Crippen LogP contribution in [0.4, 0.5) is 32.0 Å². The lowest BCUT2D eigenvalue weighted by Crippen LogP contribution is -2.36. The van der Waals surface area contributed by atoms with Gasteiger partial charge in [0.2, 0.25) is 5.82 Å². The lowest BCUT2D eigenvalue weighted by Gasteiger charge is -2.29. The number of carbonyl (C=O) groups is 1. The highest BCUT2D eigenvalue weighted by molar-refractivity contribution is 6.06. The Bertz CT molecular complexity index is 1210. The molecule has 2 N–H and O–H groups in total. The smallest absolute Gasteiger partial charge is 0.378 e. The number of aromatic nitrogens is 2. The second-order valence-electron chi connectivity index (χ2n) is 7.84. The van der Waals surface area contributed by atoms with Crippen molar-refractivity contribution in [3.63, 3.8) is 0 Å². The van der Waals surface area contributed by atoms with Crippen molar-refractivity contribution in [1.82, 2.24) is 15.3 Å². The number of amides is 1. The van der Waals surface area contributed by atoms with Crippen molar-refractivity contribution >= 4 is 22.6 Å². The van der Waals surface area contributed by atoms with Crippen molar-refractivity contribution in [2.24, 2.45) is 0 Å². The van der Waals surface area contributed by atoms with Gasteiger partial charge in [0, 0.05) is 25.3 Å². The van der Waals surface area contributed by atoms with Crippen molar-refractivity contribution in [1.29, 1.82) is 0 Å². The van der Waals surface area contributed by atoms with Crippen LogP contribution in [-0.2, 0) is 23.6 Å². The van der Waals surface area contributed by atoms with E-state index in [9.17, 15) is 31.1 Å². The molecular formula is C22H20F6N4O2. The van der Waals surface area contributed by atoms with Crippen LogP contribution in [0.15, 0.2) is 30.3 Å². The second-order valence-corrected chi connectivity index (χ2v) is 7.84. The fourth-order valence-electron chi connectivity index (χ4n) is 3.87. The van der Waals surface area contributed by atoms with E-state index < -0.39 is 29.6 Å². The number of nitrogens with zero attached hydrogens (tertiary/aromatic N) is 2. The molecular weight excluding hydrogens is 466 g/mol. The maximum absolute atomic E-state index is 13.2. The van der Waals surface area contributed by atoms with E-state index in [2.05, 4.69) is 15.3 Å². The van der Waals surface area contributed by atoms with E-state index in [-0.39, 0.29) is 34.3 Å². The van der Waals surface area contributed by atoms with E-state index in [1.54, 1.807) is 0 Å². The number of anilines is 1. The number of alkyl halides is 6. The van der Waals surface area contributed by atoms with E-state index in [0.717, 1.165) is 6.07 Å². The first-order valence-corrected chi connectivity index (χ1v) is 10.3. The van der Waals surface area contributed by atoms with Gasteiger partial charge in [-0.25, -0.2) is 4.98 Å². The molecule has 1 fully saturated rings. The minimum absolute atomic E-state index is 0.0247. The van der Waals surface area contributed by atoms with E-state index in [1.807, 2.05) is 4.90 Å². The molecule has 4 rings (SSSR count). The quantitative estimate of drug-likeness (QED) is 0.526. The number of benzene rings is 2. The first kappa shape index (κ1) is 23.9. The van der Waals surface area contributed by atoms with Crippen molar-refractivity contribution in [3.05, 3.63) is 58.4 Å². The molecule has 1 saturated heterocycles. The summed E-state index contributed by atoms with van der Waals surface area (Å²) >= 11 is 0. The van der Waals surface area contributed by atoms with Gasteiger partial charge < -0.3 is 19.9 Å². The molecule has 1 amide bonds. The van der Waals surface area contributed by atoms with Crippen molar-refractivity contribution < 1.29 is 35.9 Å². The summed E-state index contributed by atoms with van der Waals surface area (Å²) in [6, 6.07) is 6.54. The van der Waals surface area contributed by atoms with E-state index in [4.69, 9.17) is 4.74 Å². The molecule has 0 radical (unpaired) electrons. The van der Waals surface area contributed by atoms with Crippen LogP contribution in [0.3, 0.4) is 0 Å². The number of H-pyrrole nitrogens is 1. The number of nitrogens with one attached hydrogen (secondary N) is 2. The second kappa shape index (κ2) is 8.82. The number of imidazole rings is 1. The monoisotopic (exact) mass is 486 g/mol. The van der Waals surface area contributed by atoms with Gasteiger partial charge in [0.15, 0.2) is 0 Å². The topological polar surface area (TPSA) is 70.2 Å². The number of morpholine rings is 1. The van der Waals surface area contributed by atoms with Gasteiger partial charge in [-0.2, -0.15) is 26.3 Å². The van der Waals surface area contributed by atoms with Crippen LogP contribution in [0.1, 0.15) is 32.9 Å². The number of rotatable bonds is 4. The van der Waals surface area contributed by atoms with Crippen LogP contribution in [0.2, 0.25) is 0 Å². The first-order valence-electron chi connectivity index (χ1n) is 10.3. The molecule has 6 nitrogen and oxygen atoms in total. The van der Waals surface area contributed by atoms with Gasteiger partial charge in [0.05, 0.1) is 29.9 Å². The van der Waals surface area contributed by atoms with Gasteiger partial charge in [-0.3, -0.25) is 4.79 Å². The third-order valence-corrected chi connectivity index (χ3v) is 5.65. The Morgan fingerprint density at radius 1 is 1.12 bits per heavy atom. The van der Waals surface area contributed by atoms with Crippen LogP contribution in [-0.4, -0.2) is 42.2 Å². The Morgan fingerprint density at radius 3 is 2.47 bits per heavy atom. The molecule has 0 spiro atoms. The van der Waals surface area contributed by atoms with E-state index in [1.165, 1.54) is 31.2 Å². The predicted octanol–water partition coefficient (Wildman–Crippen LogP) is 4.68. The van der Waals surface area contributed by atoms with Gasteiger partial charge in [0.1, 0.15) is 5.52 Å². The summed E-state index contributed by atoms with van der Waals surface area (Å²) in [7, 11) is 0. The third kappa shape index (κ3) is 4.81. The summed E-state index contributed by atoms with van der Waals surface area (Å²) in [6.07, 6.45) is -9.30. The summed E-state index contributed by atoms with van der Waals surface area (Å²) in [4.78, 5) is 20.7.